The molecule has 0 saturated carbocycles. The summed E-state index contributed by atoms with van der Waals surface area (Å²) in [5.74, 6) is 0.228. The Morgan fingerprint density at radius 1 is 1.68 bits per heavy atom. The number of aromatic nitrogens is 1. The lowest BCUT2D eigenvalue weighted by molar-refractivity contribution is 0.0923. The molecule has 1 aliphatic rings. The van der Waals surface area contributed by atoms with Crippen LogP contribution in [0.2, 0.25) is 0 Å². The van der Waals surface area contributed by atoms with Crippen molar-refractivity contribution >= 4 is 5.91 Å². The first-order valence-corrected chi connectivity index (χ1v) is 6.32. The van der Waals surface area contributed by atoms with Crippen LogP contribution in [0.25, 0.3) is 0 Å². The molecule has 1 saturated heterocycles. The van der Waals surface area contributed by atoms with Gasteiger partial charge in [0.25, 0.3) is 5.91 Å². The van der Waals surface area contributed by atoms with Gasteiger partial charge >= 0.3 is 0 Å². The standard InChI is InChI=1S/C13H18N2O4/c1-9(16)6-15-13(17)10-2-3-12(14-7-10)19-11-4-5-18-8-11/h2-3,7,9,11,16H,4-6,8H2,1H3,(H,15,17). The maximum Gasteiger partial charge on any atom is 0.252 e. The van der Waals surface area contributed by atoms with E-state index in [0.29, 0.717) is 24.7 Å². The Labute approximate surface area is 111 Å². The van der Waals surface area contributed by atoms with Gasteiger partial charge in [-0.25, -0.2) is 4.98 Å². The van der Waals surface area contributed by atoms with Crippen LogP contribution >= 0.6 is 0 Å². The summed E-state index contributed by atoms with van der Waals surface area (Å²) in [6, 6.07) is 3.31. The van der Waals surface area contributed by atoms with Gasteiger partial charge in [0.1, 0.15) is 6.10 Å². The number of ether oxygens (including phenoxy) is 2. The third-order valence-electron chi connectivity index (χ3n) is 2.73. The molecule has 2 N–H and O–H groups in total. The van der Waals surface area contributed by atoms with Gasteiger partial charge in [0, 0.05) is 25.2 Å². The minimum absolute atomic E-state index is 0.0439. The van der Waals surface area contributed by atoms with Crippen LogP contribution in [0.4, 0.5) is 0 Å². The first-order valence-electron chi connectivity index (χ1n) is 6.32. The molecule has 19 heavy (non-hydrogen) atoms. The Balaban J connectivity index is 1.88. The smallest absolute Gasteiger partial charge is 0.252 e. The van der Waals surface area contributed by atoms with E-state index in [1.54, 1.807) is 19.1 Å². The molecular weight excluding hydrogens is 248 g/mol. The number of hydrogen-bond donors (Lipinski definition) is 2. The SMILES string of the molecule is CC(O)CNC(=O)c1ccc(OC2CCOC2)nc1. The number of carbonyl (C=O) groups is 1. The number of rotatable bonds is 5. The molecule has 0 aromatic carbocycles. The molecule has 2 atom stereocenters. The highest BCUT2D eigenvalue weighted by Crippen LogP contribution is 2.14. The first-order chi connectivity index (χ1) is 9.15. The van der Waals surface area contributed by atoms with Crippen molar-refractivity contribution in [3.05, 3.63) is 23.9 Å². The molecular formula is C13H18N2O4. The number of aliphatic hydroxyl groups excluding tert-OH is 1. The molecule has 1 amide bonds. The third kappa shape index (κ3) is 4.18. The second-order valence-electron chi connectivity index (χ2n) is 4.55. The zero-order valence-electron chi connectivity index (χ0n) is 10.8. The third-order valence-corrected chi connectivity index (χ3v) is 2.73. The van der Waals surface area contributed by atoms with Gasteiger partial charge in [-0.15, -0.1) is 0 Å². The van der Waals surface area contributed by atoms with E-state index in [2.05, 4.69) is 10.3 Å². The van der Waals surface area contributed by atoms with E-state index in [4.69, 9.17) is 14.6 Å². The van der Waals surface area contributed by atoms with Crippen molar-refractivity contribution in [2.45, 2.75) is 25.6 Å². The number of aliphatic hydroxyl groups is 1. The zero-order chi connectivity index (χ0) is 13.7. The minimum Gasteiger partial charge on any atom is -0.472 e. The maximum absolute atomic E-state index is 11.7. The molecule has 0 radical (unpaired) electrons. The van der Waals surface area contributed by atoms with E-state index in [1.807, 2.05) is 0 Å². The molecule has 2 heterocycles. The van der Waals surface area contributed by atoms with Crippen molar-refractivity contribution in [2.75, 3.05) is 19.8 Å². The zero-order valence-corrected chi connectivity index (χ0v) is 10.8. The monoisotopic (exact) mass is 266 g/mol. The van der Waals surface area contributed by atoms with E-state index in [1.165, 1.54) is 6.20 Å². The minimum atomic E-state index is -0.568. The van der Waals surface area contributed by atoms with Gasteiger partial charge in [-0.05, 0) is 13.0 Å². The predicted molar refractivity (Wildman–Crippen MR) is 68.1 cm³/mol. The summed E-state index contributed by atoms with van der Waals surface area (Å²) in [6.45, 7) is 3.12. The quantitative estimate of drug-likeness (QED) is 0.804. The highest BCUT2D eigenvalue weighted by molar-refractivity contribution is 5.93. The summed E-state index contributed by atoms with van der Waals surface area (Å²) in [6.07, 6.45) is 1.80. The summed E-state index contributed by atoms with van der Waals surface area (Å²) < 4.78 is 10.8. The average Bonchev–Trinajstić information content (AvgIpc) is 2.89. The van der Waals surface area contributed by atoms with Crippen molar-refractivity contribution in [2.24, 2.45) is 0 Å². The Hall–Kier alpha value is -1.66. The molecule has 2 rings (SSSR count). The second kappa shape index (κ2) is 6.49. The Morgan fingerprint density at radius 3 is 3.11 bits per heavy atom. The van der Waals surface area contributed by atoms with Crippen molar-refractivity contribution in [1.29, 1.82) is 0 Å². The number of nitrogens with one attached hydrogen (secondary N) is 1. The van der Waals surface area contributed by atoms with Crippen molar-refractivity contribution in [3.63, 3.8) is 0 Å². The number of pyridine rings is 1. The summed E-state index contributed by atoms with van der Waals surface area (Å²) in [5.41, 5.74) is 0.440. The van der Waals surface area contributed by atoms with Crippen LogP contribution in [0.5, 0.6) is 5.88 Å². The van der Waals surface area contributed by atoms with Gasteiger partial charge < -0.3 is 19.9 Å². The van der Waals surface area contributed by atoms with Crippen LogP contribution in [0.15, 0.2) is 18.3 Å². The molecule has 1 aliphatic heterocycles. The number of amides is 1. The van der Waals surface area contributed by atoms with E-state index < -0.39 is 6.10 Å². The molecule has 1 fully saturated rings. The van der Waals surface area contributed by atoms with Crippen LogP contribution in [0, 0.1) is 0 Å². The van der Waals surface area contributed by atoms with Crippen molar-refractivity contribution in [1.82, 2.24) is 10.3 Å². The molecule has 0 bridgehead atoms. The second-order valence-corrected chi connectivity index (χ2v) is 4.55. The molecule has 6 nitrogen and oxygen atoms in total. The van der Waals surface area contributed by atoms with Gasteiger partial charge in [0.2, 0.25) is 5.88 Å². The lowest BCUT2D eigenvalue weighted by atomic mass is 10.2. The first kappa shape index (κ1) is 13.8. The Bertz CT molecular complexity index is 413. The van der Waals surface area contributed by atoms with Gasteiger partial charge in [-0.2, -0.15) is 0 Å². The topological polar surface area (TPSA) is 80.7 Å². The van der Waals surface area contributed by atoms with Crippen LogP contribution < -0.4 is 10.1 Å². The van der Waals surface area contributed by atoms with E-state index in [-0.39, 0.29) is 18.6 Å². The predicted octanol–water partition coefficient (Wildman–Crippen LogP) is 0.360. The molecule has 6 heteroatoms. The maximum atomic E-state index is 11.7. The van der Waals surface area contributed by atoms with Gasteiger partial charge in [0.05, 0.1) is 24.9 Å². The number of nitrogens with zero attached hydrogens (tertiary/aromatic N) is 1. The lowest BCUT2D eigenvalue weighted by Gasteiger charge is -2.11. The van der Waals surface area contributed by atoms with Crippen molar-refractivity contribution < 1.29 is 19.4 Å². The molecule has 104 valence electrons. The van der Waals surface area contributed by atoms with Crippen LogP contribution in [-0.2, 0) is 4.74 Å². The molecule has 0 aliphatic carbocycles. The summed E-state index contributed by atoms with van der Waals surface area (Å²) >= 11 is 0. The fourth-order valence-electron chi connectivity index (χ4n) is 1.70. The van der Waals surface area contributed by atoms with E-state index in [9.17, 15) is 4.79 Å². The van der Waals surface area contributed by atoms with Crippen LogP contribution in [0.3, 0.4) is 0 Å². The highest BCUT2D eigenvalue weighted by Gasteiger charge is 2.17. The Kier molecular flexibility index (Phi) is 4.70. The highest BCUT2D eigenvalue weighted by atomic mass is 16.5. The molecule has 1 aromatic heterocycles. The van der Waals surface area contributed by atoms with Crippen LogP contribution in [0.1, 0.15) is 23.7 Å². The average molecular weight is 266 g/mol. The lowest BCUT2D eigenvalue weighted by Crippen LogP contribution is -2.30. The largest absolute Gasteiger partial charge is 0.472 e. The summed E-state index contributed by atoms with van der Waals surface area (Å²) in [7, 11) is 0. The number of carbonyl (C=O) groups excluding carboxylic acids is 1. The van der Waals surface area contributed by atoms with Crippen molar-refractivity contribution in [3.8, 4) is 5.88 Å². The fourth-order valence-corrected chi connectivity index (χ4v) is 1.70. The van der Waals surface area contributed by atoms with Gasteiger partial charge in [0.15, 0.2) is 0 Å². The molecule has 1 aromatic rings. The molecule has 0 spiro atoms. The summed E-state index contributed by atoms with van der Waals surface area (Å²) in [4.78, 5) is 15.8. The van der Waals surface area contributed by atoms with E-state index >= 15 is 0 Å². The summed E-state index contributed by atoms with van der Waals surface area (Å²) in [5, 5.41) is 11.7. The normalized spacial score (nSPS) is 20.0. The molecule has 2 unspecified atom stereocenters. The van der Waals surface area contributed by atoms with E-state index in [0.717, 1.165) is 6.42 Å². The van der Waals surface area contributed by atoms with Gasteiger partial charge in [-0.1, -0.05) is 0 Å². The fraction of sp³-hybridized carbons (Fsp3) is 0.538. The number of hydrogen-bond acceptors (Lipinski definition) is 5. The van der Waals surface area contributed by atoms with Gasteiger partial charge in [-0.3, -0.25) is 4.79 Å². The van der Waals surface area contributed by atoms with Crippen LogP contribution in [-0.4, -0.2) is 48.0 Å². The Morgan fingerprint density at radius 2 is 2.53 bits per heavy atom.